The zero-order chi connectivity index (χ0) is 21.2. The lowest BCUT2D eigenvalue weighted by atomic mass is 10.3. The molecule has 0 aliphatic rings. The highest BCUT2D eigenvalue weighted by atomic mass is 16.5. The van der Waals surface area contributed by atoms with Crippen LogP contribution in [0.5, 0.6) is 5.75 Å². The molecular weight excluding hydrogens is 380 g/mol. The van der Waals surface area contributed by atoms with Gasteiger partial charge in [0.2, 0.25) is 0 Å². The molecule has 0 bridgehead atoms. The number of benzene rings is 1. The van der Waals surface area contributed by atoms with E-state index in [1.54, 1.807) is 26.0 Å². The van der Waals surface area contributed by atoms with Crippen molar-refractivity contribution >= 4 is 17.9 Å². The third-order valence-corrected chi connectivity index (χ3v) is 3.40. The number of nitrogens with one attached hydrogen (secondary N) is 2. The highest BCUT2D eigenvalue weighted by Gasteiger charge is 2.15. The molecule has 0 radical (unpaired) electrons. The van der Waals surface area contributed by atoms with Gasteiger partial charge in [-0.1, -0.05) is 18.2 Å². The average Bonchev–Trinajstić information content (AvgIpc) is 2.67. The highest BCUT2D eigenvalue weighted by molar-refractivity contribution is 5.96. The molecule has 0 spiro atoms. The molecule has 2 aromatic rings. The maximum Gasteiger partial charge on any atom is 0.359 e. The van der Waals surface area contributed by atoms with Crippen LogP contribution in [0.3, 0.4) is 0 Å². The van der Waals surface area contributed by atoms with Crippen LogP contribution in [-0.4, -0.2) is 46.9 Å². The number of hydrogen-bond donors (Lipinski definition) is 2. The Hall–Kier alpha value is -3.69. The summed E-state index contributed by atoms with van der Waals surface area (Å²) in [6, 6.07) is 10.6. The van der Waals surface area contributed by atoms with Gasteiger partial charge in [0.25, 0.3) is 11.5 Å². The predicted octanol–water partition coefficient (Wildman–Crippen LogP) is 0.713. The SMILES string of the molecule is CC(C)NC(=O)NC(=O)COC(=O)c1ccc(=O)n(CCOc2ccccc2)n1. The first-order chi connectivity index (χ1) is 13.8. The van der Waals surface area contributed by atoms with Crippen LogP contribution in [0.2, 0.25) is 0 Å². The molecule has 0 aliphatic heterocycles. The molecule has 0 saturated carbocycles. The van der Waals surface area contributed by atoms with Gasteiger partial charge in [0.1, 0.15) is 12.4 Å². The van der Waals surface area contributed by atoms with E-state index in [2.05, 4.69) is 10.4 Å². The molecule has 0 atom stereocenters. The summed E-state index contributed by atoms with van der Waals surface area (Å²) in [5.74, 6) is -1.05. The standard InChI is InChI=1S/C19H22N4O6/c1-13(2)20-19(27)21-16(24)12-29-18(26)15-8-9-17(25)23(22-15)10-11-28-14-6-4-3-5-7-14/h3-9,13H,10-12H2,1-2H3,(H2,20,21,24,27). The molecule has 3 amide bonds. The van der Waals surface area contributed by atoms with Gasteiger partial charge in [-0.25, -0.2) is 14.3 Å². The highest BCUT2D eigenvalue weighted by Crippen LogP contribution is 2.07. The van der Waals surface area contributed by atoms with Crippen molar-refractivity contribution < 1.29 is 23.9 Å². The fourth-order valence-corrected chi connectivity index (χ4v) is 2.15. The third-order valence-electron chi connectivity index (χ3n) is 3.40. The van der Waals surface area contributed by atoms with E-state index in [1.165, 1.54) is 12.1 Å². The predicted molar refractivity (Wildman–Crippen MR) is 103 cm³/mol. The third kappa shape index (κ3) is 7.45. The molecule has 0 fully saturated rings. The second-order valence-electron chi connectivity index (χ2n) is 6.19. The van der Waals surface area contributed by atoms with Gasteiger partial charge in [0.15, 0.2) is 12.3 Å². The Morgan fingerprint density at radius 3 is 2.52 bits per heavy atom. The number of ether oxygens (including phenoxy) is 2. The van der Waals surface area contributed by atoms with Crippen molar-refractivity contribution in [2.24, 2.45) is 0 Å². The van der Waals surface area contributed by atoms with E-state index in [0.717, 1.165) is 4.68 Å². The summed E-state index contributed by atoms with van der Waals surface area (Å²) >= 11 is 0. The van der Waals surface area contributed by atoms with Crippen molar-refractivity contribution in [3.63, 3.8) is 0 Å². The van der Waals surface area contributed by atoms with Crippen LogP contribution in [0.25, 0.3) is 0 Å². The normalized spacial score (nSPS) is 10.3. The zero-order valence-electron chi connectivity index (χ0n) is 16.1. The smallest absolute Gasteiger partial charge is 0.359 e. The maximum absolute atomic E-state index is 12.1. The van der Waals surface area contributed by atoms with Crippen molar-refractivity contribution in [3.05, 3.63) is 58.5 Å². The lowest BCUT2D eigenvalue weighted by molar-refractivity contribution is -0.123. The van der Waals surface area contributed by atoms with E-state index in [1.807, 2.05) is 23.5 Å². The molecule has 1 aromatic carbocycles. The summed E-state index contributed by atoms with van der Waals surface area (Å²) < 4.78 is 11.4. The van der Waals surface area contributed by atoms with Crippen LogP contribution in [0.15, 0.2) is 47.3 Å². The number of carbonyl (C=O) groups is 3. The van der Waals surface area contributed by atoms with Crippen LogP contribution in [0.4, 0.5) is 4.79 Å². The van der Waals surface area contributed by atoms with Crippen molar-refractivity contribution in [3.8, 4) is 5.75 Å². The summed E-state index contributed by atoms with van der Waals surface area (Å²) in [4.78, 5) is 47.0. The van der Waals surface area contributed by atoms with Crippen molar-refractivity contribution in [2.75, 3.05) is 13.2 Å². The number of para-hydroxylation sites is 1. The van der Waals surface area contributed by atoms with Gasteiger partial charge >= 0.3 is 12.0 Å². The Morgan fingerprint density at radius 1 is 1.10 bits per heavy atom. The number of esters is 1. The summed E-state index contributed by atoms with van der Waals surface area (Å²) in [7, 11) is 0. The molecule has 29 heavy (non-hydrogen) atoms. The number of urea groups is 1. The molecule has 1 aromatic heterocycles. The molecule has 10 heteroatoms. The number of aromatic nitrogens is 2. The van der Waals surface area contributed by atoms with Gasteiger partial charge in [-0.15, -0.1) is 0 Å². The molecule has 10 nitrogen and oxygen atoms in total. The van der Waals surface area contributed by atoms with Crippen LogP contribution in [0, 0.1) is 0 Å². The number of imide groups is 1. The lowest BCUT2D eigenvalue weighted by Gasteiger charge is -2.10. The maximum atomic E-state index is 12.1. The first kappa shape index (κ1) is 21.6. The Labute approximate surface area is 166 Å². The molecule has 0 unspecified atom stereocenters. The van der Waals surface area contributed by atoms with E-state index in [9.17, 15) is 19.2 Å². The van der Waals surface area contributed by atoms with Gasteiger partial charge in [-0.2, -0.15) is 5.10 Å². The minimum absolute atomic E-state index is 0.116. The Morgan fingerprint density at radius 2 is 1.83 bits per heavy atom. The van der Waals surface area contributed by atoms with E-state index in [0.29, 0.717) is 5.75 Å². The molecule has 0 aliphatic carbocycles. The molecule has 154 valence electrons. The topological polar surface area (TPSA) is 129 Å². The summed E-state index contributed by atoms with van der Waals surface area (Å²) in [6.45, 7) is 3.08. The van der Waals surface area contributed by atoms with Crippen molar-refractivity contribution in [2.45, 2.75) is 26.4 Å². The van der Waals surface area contributed by atoms with Crippen LogP contribution < -0.4 is 20.9 Å². The fourth-order valence-electron chi connectivity index (χ4n) is 2.15. The Kier molecular flexibility index (Phi) is 7.89. The lowest BCUT2D eigenvalue weighted by Crippen LogP contribution is -2.44. The van der Waals surface area contributed by atoms with E-state index < -0.39 is 30.1 Å². The summed E-state index contributed by atoms with van der Waals surface area (Å²) in [5.41, 5.74) is -0.565. The number of nitrogens with zero attached hydrogens (tertiary/aromatic N) is 2. The minimum atomic E-state index is -0.901. The molecular formula is C19H22N4O6. The van der Waals surface area contributed by atoms with Gasteiger partial charge in [0.05, 0.1) is 6.54 Å². The van der Waals surface area contributed by atoms with E-state index in [-0.39, 0.29) is 24.9 Å². The van der Waals surface area contributed by atoms with Crippen LogP contribution in [-0.2, 0) is 16.1 Å². The fraction of sp³-hybridized carbons (Fsp3) is 0.316. The Bertz CT molecular complexity index is 910. The van der Waals surface area contributed by atoms with Crippen molar-refractivity contribution in [1.82, 2.24) is 20.4 Å². The largest absolute Gasteiger partial charge is 0.492 e. The second-order valence-corrected chi connectivity index (χ2v) is 6.19. The van der Waals surface area contributed by atoms with Gasteiger partial charge in [-0.3, -0.25) is 14.9 Å². The van der Waals surface area contributed by atoms with E-state index >= 15 is 0 Å². The minimum Gasteiger partial charge on any atom is -0.492 e. The van der Waals surface area contributed by atoms with Crippen LogP contribution in [0.1, 0.15) is 24.3 Å². The molecule has 2 N–H and O–H groups in total. The van der Waals surface area contributed by atoms with Gasteiger partial charge in [-0.05, 0) is 32.0 Å². The first-order valence-corrected chi connectivity index (χ1v) is 8.88. The van der Waals surface area contributed by atoms with Gasteiger partial charge < -0.3 is 14.8 Å². The van der Waals surface area contributed by atoms with Gasteiger partial charge in [0, 0.05) is 12.1 Å². The molecule has 1 heterocycles. The molecule has 0 saturated heterocycles. The zero-order valence-corrected chi connectivity index (χ0v) is 16.1. The monoisotopic (exact) mass is 402 g/mol. The summed E-state index contributed by atoms with van der Waals surface area (Å²) in [6.07, 6.45) is 0. The summed E-state index contributed by atoms with van der Waals surface area (Å²) in [5, 5.41) is 8.41. The second kappa shape index (κ2) is 10.6. The van der Waals surface area contributed by atoms with E-state index in [4.69, 9.17) is 9.47 Å². The number of hydrogen-bond acceptors (Lipinski definition) is 7. The van der Waals surface area contributed by atoms with Crippen molar-refractivity contribution in [1.29, 1.82) is 0 Å². The Balaban J connectivity index is 1.87. The number of rotatable bonds is 8. The quantitative estimate of drug-likeness (QED) is 0.622. The first-order valence-electron chi connectivity index (χ1n) is 8.88. The number of amides is 3. The molecule has 2 rings (SSSR count). The average molecular weight is 402 g/mol. The van der Waals surface area contributed by atoms with Crippen LogP contribution >= 0.6 is 0 Å². The number of carbonyl (C=O) groups excluding carboxylic acids is 3.